The second-order valence-corrected chi connectivity index (χ2v) is 5.41. The summed E-state index contributed by atoms with van der Waals surface area (Å²) in [5, 5.41) is 0. The molecule has 4 nitrogen and oxygen atoms in total. The lowest BCUT2D eigenvalue weighted by Gasteiger charge is -2.09. The fourth-order valence-electron chi connectivity index (χ4n) is 2.50. The molecule has 0 saturated heterocycles. The van der Waals surface area contributed by atoms with E-state index in [4.69, 9.17) is 10.5 Å². The van der Waals surface area contributed by atoms with Gasteiger partial charge >= 0.3 is 0 Å². The van der Waals surface area contributed by atoms with E-state index >= 15 is 0 Å². The van der Waals surface area contributed by atoms with Gasteiger partial charge in [-0.3, -0.25) is 0 Å². The van der Waals surface area contributed by atoms with Crippen LogP contribution in [-0.2, 0) is 12.8 Å². The molecule has 20 heavy (non-hydrogen) atoms. The van der Waals surface area contributed by atoms with Gasteiger partial charge in [0, 0.05) is 30.1 Å². The maximum atomic E-state index is 5.84. The third-order valence-electron chi connectivity index (χ3n) is 3.39. The number of nitrogens with zero attached hydrogens (tertiary/aromatic N) is 2. The van der Waals surface area contributed by atoms with Crippen LogP contribution in [-0.4, -0.2) is 22.6 Å². The Labute approximate surface area is 119 Å². The Morgan fingerprint density at radius 2 is 2.15 bits per heavy atom. The molecule has 0 amide bonds. The molecule has 0 aliphatic carbocycles. The van der Waals surface area contributed by atoms with Crippen LogP contribution >= 0.6 is 0 Å². The maximum Gasteiger partial charge on any atom is 0.130 e. The summed E-state index contributed by atoms with van der Waals surface area (Å²) in [4.78, 5) is 9.09. The number of hydrogen-bond donors (Lipinski definition) is 1. The molecule has 4 heteroatoms. The van der Waals surface area contributed by atoms with Crippen LogP contribution in [0.1, 0.15) is 24.0 Å². The van der Waals surface area contributed by atoms with E-state index in [0.717, 1.165) is 41.6 Å². The van der Waals surface area contributed by atoms with Gasteiger partial charge in [0.2, 0.25) is 0 Å². The predicted octanol–water partition coefficient (Wildman–Crippen LogP) is 2.28. The number of aromatic nitrogens is 2. The first-order chi connectivity index (χ1) is 9.61. The Balaban J connectivity index is 1.99. The van der Waals surface area contributed by atoms with E-state index in [1.807, 2.05) is 26.0 Å². The number of benzene rings is 1. The number of fused-ring (bicyclic) bond motifs is 1. The van der Waals surface area contributed by atoms with Crippen LogP contribution in [0, 0.1) is 6.92 Å². The summed E-state index contributed by atoms with van der Waals surface area (Å²) < 4.78 is 5.54. The highest BCUT2D eigenvalue weighted by molar-refractivity contribution is 5.63. The molecule has 2 heterocycles. The van der Waals surface area contributed by atoms with Gasteiger partial charge in [0.25, 0.3) is 0 Å². The van der Waals surface area contributed by atoms with E-state index in [-0.39, 0.29) is 6.04 Å². The van der Waals surface area contributed by atoms with Gasteiger partial charge in [0.15, 0.2) is 0 Å². The van der Waals surface area contributed by atoms with Crippen molar-refractivity contribution in [2.24, 2.45) is 5.73 Å². The predicted molar refractivity (Wildman–Crippen MR) is 78.8 cm³/mol. The van der Waals surface area contributed by atoms with Crippen molar-refractivity contribution < 1.29 is 4.74 Å². The van der Waals surface area contributed by atoms with E-state index in [0.29, 0.717) is 6.42 Å². The van der Waals surface area contributed by atoms with E-state index < -0.39 is 0 Å². The van der Waals surface area contributed by atoms with Crippen molar-refractivity contribution >= 4 is 0 Å². The normalized spacial score (nSPS) is 14.8. The van der Waals surface area contributed by atoms with Gasteiger partial charge in [0.05, 0.1) is 12.3 Å². The molecule has 1 aromatic heterocycles. The molecule has 0 bridgehead atoms. The van der Waals surface area contributed by atoms with Crippen LogP contribution < -0.4 is 10.5 Å². The number of ether oxygens (including phenoxy) is 1. The van der Waals surface area contributed by atoms with Crippen LogP contribution in [0.15, 0.2) is 24.3 Å². The lowest BCUT2D eigenvalue weighted by molar-refractivity contribution is 0.357. The van der Waals surface area contributed by atoms with Crippen LogP contribution in [0.4, 0.5) is 0 Å². The van der Waals surface area contributed by atoms with E-state index in [9.17, 15) is 0 Å². The highest BCUT2D eigenvalue weighted by Crippen LogP contribution is 2.29. The van der Waals surface area contributed by atoms with Crippen molar-refractivity contribution in [2.75, 3.05) is 6.61 Å². The summed E-state index contributed by atoms with van der Waals surface area (Å²) in [6.45, 7) is 4.74. The van der Waals surface area contributed by atoms with Crippen molar-refractivity contribution in [2.45, 2.75) is 32.7 Å². The molecule has 3 rings (SSSR count). The second-order valence-electron chi connectivity index (χ2n) is 5.41. The molecule has 0 radical (unpaired) electrons. The molecule has 104 valence electrons. The van der Waals surface area contributed by atoms with Crippen molar-refractivity contribution in [3.8, 4) is 17.0 Å². The quantitative estimate of drug-likeness (QED) is 0.928. The highest BCUT2D eigenvalue weighted by atomic mass is 16.5. The Kier molecular flexibility index (Phi) is 3.40. The molecule has 1 atom stereocenters. The zero-order chi connectivity index (χ0) is 14.1. The Hall–Kier alpha value is -1.94. The lowest BCUT2D eigenvalue weighted by Crippen LogP contribution is -2.19. The maximum absolute atomic E-state index is 5.84. The van der Waals surface area contributed by atoms with Crippen molar-refractivity contribution in [3.05, 3.63) is 41.3 Å². The second kappa shape index (κ2) is 5.21. The first-order valence-electron chi connectivity index (χ1n) is 6.98. The third-order valence-corrected chi connectivity index (χ3v) is 3.39. The Morgan fingerprint density at radius 3 is 2.95 bits per heavy atom. The summed E-state index contributed by atoms with van der Waals surface area (Å²) in [5.41, 5.74) is 10.1. The minimum atomic E-state index is 0.0677. The third kappa shape index (κ3) is 2.65. The number of nitrogens with two attached hydrogens (primary N) is 1. The van der Waals surface area contributed by atoms with Gasteiger partial charge in [-0.2, -0.15) is 0 Å². The SMILES string of the molecule is Cc1cc(-c2ccc3c(c2)CCO3)nc(CC(C)N)n1. The van der Waals surface area contributed by atoms with Crippen molar-refractivity contribution in [1.82, 2.24) is 9.97 Å². The largest absolute Gasteiger partial charge is 0.493 e. The molecule has 2 aromatic rings. The fourth-order valence-corrected chi connectivity index (χ4v) is 2.50. The number of rotatable bonds is 3. The Morgan fingerprint density at radius 1 is 1.30 bits per heavy atom. The lowest BCUT2D eigenvalue weighted by atomic mass is 10.1. The zero-order valence-electron chi connectivity index (χ0n) is 11.9. The first kappa shape index (κ1) is 13.1. The molecule has 0 spiro atoms. The summed E-state index contributed by atoms with van der Waals surface area (Å²) >= 11 is 0. The zero-order valence-corrected chi connectivity index (χ0v) is 11.9. The average Bonchev–Trinajstić information content (AvgIpc) is 2.84. The molecular formula is C16H19N3O. The van der Waals surface area contributed by atoms with Gasteiger partial charge in [-0.15, -0.1) is 0 Å². The summed E-state index contributed by atoms with van der Waals surface area (Å²) in [5.74, 6) is 1.81. The topological polar surface area (TPSA) is 61.0 Å². The Bertz CT molecular complexity index is 638. The molecule has 2 N–H and O–H groups in total. The monoisotopic (exact) mass is 269 g/mol. The van der Waals surface area contributed by atoms with Gasteiger partial charge in [-0.05, 0) is 43.7 Å². The van der Waals surface area contributed by atoms with E-state index in [1.165, 1.54) is 5.56 Å². The molecule has 1 aliphatic rings. The number of aryl methyl sites for hydroxylation is 1. The molecule has 1 aliphatic heterocycles. The molecule has 1 unspecified atom stereocenters. The molecule has 0 fully saturated rings. The van der Waals surface area contributed by atoms with Crippen LogP contribution in [0.3, 0.4) is 0 Å². The van der Waals surface area contributed by atoms with Gasteiger partial charge < -0.3 is 10.5 Å². The molecular weight excluding hydrogens is 250 g/mol. The molecule has 1 aromatic carbocycles. The van der Waals surface area contributed by atoms with Gasteiger partial charge in [0.1, 0.15) is 11.6 Å². The van der Waals surface area contributed by atoms with Crippen molar-refractivity contribution in [1.29, 1.82) is 0 Å². The fraction of sp³-hybridized carbons (Fsp3) is 0.375. The first-order valence-corrected chi connectivity index (χ1v) is 6.98. The van der Waals surface area contributed by atoms with Gasteiger partial charge in [-0.1, -0.05) is 0 Å². The minimum absolute atomic E-state index is 0.0677. The van der Waals surface area contributed by atoms with E-state index in [2.05, 4.69) is 22.1 Å². The standard InChI is InChI=1S/C16H19N3O/c1-10(17)7-16-18-11(2)8-14(19-16)12-3-4-15-13(9-12)5-6-20-15/h3-4,8-10H,5-7,17H2,1-2H3. The highest BCUT2D eigenvalue weighted by Gasteiger charge is 2.14. The minimum Gasteiger partial charge on any atom is -0.493 e. The van der Waals surface area contributed by atoms with Crippen LogP contribution in [0.25, 0.3) is 11.3 Å². The number of hydrogen-bond acceptors (Lipinski definition) is 4. The summed E-state index contributed by atoms with van der Waals surface area (Å²) in [7, 11) is 0. The van der Waals surface area contributed by atoms with Crippen LogP contribution in [0.2, 0.25) is 0 Å². The summed E-state index contributed by atoms with van der Waals surface area (Å²) in [6.07, 6.45) is 1.67. The summed E-state index contributed by atoms with van der Waals surface area (Å²) in [6, 6.07) is 8.34. The van der Waals surface area contributed by atoms with Gasteiger partial charge in [-0.25, -0.2) is 9.97 Å². The smallest absolute Gasteiger partial charge is 0.130 e. The molecule has 0 saturated carbocycles. The van der Waals surface area contributed by atoms with Crippen molar-refractivity contribution in [3.63, 3.8) is 0 Å². The van der Waals surface area contributed by atoms with Crippen LogP contribution in [0.5, 0.6) is 5.75 Å². The average molecular weight is 269 g/mol. The van der Waals surface area contributed by atoms with E-state index in [1.54, 1.807) is 0 Å².